The van der Waals surface area contributed by atoms with Gasteiger partial charge in [0.1, 0.15) is 5.69 Å². The number of carbonyl (C=O) groups is 2. The molecular weight excluding hydrogens is 274 g/mol. The van der Waals surface area contributed by atoms with Crippen molar-refractivity contribution >= 4 is 12.0 Å². The zero-order chi connectivity index (χ0) is 15.8. The number of carbonyl (C=O) groups excluding carboxylic acids is 1. The molecule has 0 saturated carbocycles. The van der Waals surface area contributed by atoms with Crippen molar-refractivity contribution in [1.29, 1.82) is 0 Å². The normalized spacial score (nSPS) is 10.5. The van der Waals surface area contributed by atoms with Gasteiger partial charge in [0.05, 0.1) is 12.7 Å². The molecule has 1 rings (SSSR count). The van der Waals surface area contributed by atoms with E-state index in [1.165, 1.54) is 17.2 Å². The SMILES string of the molecule is CC(C)OCCN(C)C(=O)NCc1ccc(C(=O)O)nc1. The van der Waals surface area contributed by atoms with E-state index in [2.05, 4.69) is 10.3 Å². The van der Waals surface area contributed by atoms with Crippen molar-refractivity contribution in [3.63, 3.8) is 0 Å². The maximum atomic E-state index is 11.8. The summed E-state index contributed by atoms with van der Waals surface area (Å²) in [5.41, 5.74) is 0.716. The summed E-state index contributed by atoms with van der Waals surface area (Å²) in [6.45, 7) is 5.15. The molecule has 1 aromatic heterocycles. The first-order valence-corrected chi connectivity index (χ1v) is 6.69. The van der Waals surface area contributed by atoms with Gasteiger partial charge in [0.15, 0.2) is 0 Å². The van der Waals surface area contributed by atoms with E-state index >= 15 is 0 Å². The highest BCUT2D eigenvalue weighted by Gasteiger charge is 2.09. The van der Waals surface area contributed by atoms with Crippen molar-refractivity contribution in [1.82, 2.24) is 15.2 Å². The van der Waals surface area contributed by atoms with E-state index in [4.69, 9.17) is 9.84 Å². The first-order chi connectivity index (χ1) is 9.90. The molecule has 0 unspecified atom stereocenters. The largest absolute Gasteiger partial charge is 0.477 e. The Hall–Kier alpha value is -2.15. The number of nitrogens with one attached hydrogen (secondary N) is 1. The molecule has 7 heteroatoms. The van der Waals surface area contributed by atoms with Crippen molar-refractivity contribution in [2.24, 2.45) is 0 Å². The van der Waals surface area contributed by atoms with Crippen LogP contribution in [-0.2, 0) is 11.3 Å². The lowest BCUT2D eigenvalue weighted by Gasteiger charge is -2.18. The Labute approximate surface area is 123 Å². The quantitative estimate of drug-likeness (QED) is 0.792. The highest BCUT2D eigenvalue weighted by Crippen LogP contribution is 2.00. The fourth-order valence-corrected chi connectivity index (χ4v) is 1.50. The van der Waals surface area contributed by atoms with E-state index in [0.29, 0.717) is 19.7 Å². The fraction of sp³-hybridized carbons (Fsp3) is 0.500. The average molecular weight is 295 g/mol. The van der Waals surface area contributed by atoms with E-state index in [0.717, 1.165) is 5.56 Å². The smallest absolute Gasteiger partial charge is 0.354 e. The topological polar surface area (TPSA) is 91.8 Å². The molecule has 0 aliphatic rings. The molecule has 2 amide bonds. The number of amides is 2. The third-order valence-electron chi connectivity index (χ3n) is 2.71. The summed E-state index contributed by atoms with van der Waals surface area (Å²) in [5, 5.41) is 11.5. The molecule has 7 nitrogen and oxygen atoms in total. The van der Waals surface area contributed by atoms with Crippen LogP contribution in [0.25, 0.3) is 0 Å². The highest BCUT2D eigenvalue weighted by molar-refractivity contribution is 5.85. The summed E-state index contributed by atoms with van der Waals surface area (Å²) < 4.78 is 5.37. The Morgan fingerprint density at radius 2 is 2.14 bits per heavy atom. The second-order valence-electron chi connectivity index (χ2n) is 4.86. The van der Waals surface area contributed by atoms with Gasteiger partial charge in [-0.25, -0.2) is 14.6 Å². The van der Waals surface area contributed by atoms with Crippen molar-refractivity contribution in [3.05, 3.63) is 29.6 Å². The first kappa shape index (κ1) is 16.9. The minimum Gasteiger partial charge on any atom is -0.477 e. The third kappa shape index (κ3) is 6.22. The van der Waals surface area contributed by atoms with Gasteiger partial charge in [-0.05, 0) is 25.5 Å². The number of aromatic nitrogens is 1. The van der Waals surface area contributed by atoms with Crippen LogP contribution in [0.5, 0.6) is 0 Å². The predicted octanol–water partition coefficient (Wildman–Crippen LogP) is 1.35. The Bertz CT molecular complexity index is 474. The summed E-state index contributed by atoms with van der Waals surface area (Å²) in [7, 11) is 1.69. The van der Waals surface area contributed by atoms with E-state index in [1.54, 1.807) is 13.1 Å². The van der Waals surface area contributed by atoms with Gasteiger partial charge >= 0.3 is 12.0 Å². The molecule has 0 aromatic carbocycles. The van der Waals surface area contributed by atoms with Gasteiger partial charge < -0.3 is 20.1 Å². The van der Waals surface area contributed by atoms with Gasteiger partial charge in [-0.15, -0.1) is 0 Å². The first-order valence-electron chi connectivity index (χ1n) is 6.69. The minimum atomic E-state index is -1.07. The second kappa shape index (κ2) is 8.21. The number of likely N-dealkylation sites (N-methyl/N-ethyl adjacent to an activating group) is 1. The summed E-state index contributed by atoms with van der Waals surface area (Å²) in [6, 6.07) is 2.81. The number of ether oxygens (including phenoxy) is 1. The second-order valence-corrected chi connectivity index (χ2v) is 4.86. The van der Waals surface area contributed by atoms with Crippen LogP contribution in [0.15, 0.2) is 18.3 Å². The molecule has 0 saturated heterocycles. The molecule has 0 radical (unpaired) electrons. The van der Waals surface area contributed by atoms with Crippen LogP contribution in [0.1, 0.15) is 29.9 Å². The van der Waals surface area contributed by atoms with Gasteiger partial charge in [-0.3, -0.25) is 0 Å². The number of hydrogen-bond donors (Lipinski definition) is 2. The Balaban J connectivity index is 2.36. The van der Waals surface area contributed by atoms with Gasteiger partial charge in [0.25, 0.3) is 0 Å². The zero-order valence-electron chi connectivity index (χ0n) is 12.5. The van der Waals surface area contributed by atoms with E-state index < -0.39 is 5.97 Å². The molecule has 0 atom stereocenters. The molecule has 0 spiro atoms. The average Bonchev–Trinajstić information content (AvgIpc) is 2.44. The van der Waals surface area contributed by atoms with Gasteiger partial charge in [0.2, 0.25) is 0 Å². The van der Waals surface area contributed by atoms with Crippen molar-refractivity contribution in [3.8, 4) is 0 Å². The number of hydrogen-bond acceptors (Lipinski definition) is 4. The van der Waals surface area contributed by atoms with Crippen LogP contribution >= 0.6 is 0 Å². The monoisotopic (exact) mass is 295 g/mol. The van der Waals surface area contributed by atoms with E-state index in [1.807, 2.05) is 13.8 Å². The van der Waals surface area contributed by atoms with Gasteiger partial charge in [-0.2, -0.15) is 0 Å². The predicted molar refractivity (Wildman–Crippen MR) is 77.2 cm³/mol. The summed E-state index contributed by atoms with van der Waals surface area (Å²) in [6.07, 6.45) is 1.58. The van der Waals surface area contributed by atoms with Crippen molar-refractivity contribution in [2.75, 3.05) is 20.2 Å². The lowest BCUT2D eigenvalue weighted by Crippen LogP contribution is -2.38. The summed E-state index contributed by atoms with van der Waals surface area (Å²) >= 11 is 0. The highest BCUT2D eigenvalue weighted by atomic mass is 16.5. The van der Waals surface area contributed by atoms with Crippen LogP contribution in [0.4, 0.5) is 4.79 Å². The van der Waals surface area contributed by atoms with Crippen LogP contribution in [-0.4, -0.2) is 53.3 Å². The summed E-state index contributed by atoms with van der Waals surface area (Å²) in [4.78, 5) is 27.8. The molecule has 0 aliphatic carbocycles. The van der Waals surface area contributed by atoms with Crippen LogP contribution < -0.4 is 5.32 Å². The Morgan fingerprint density at radius 1 is 1.43 bits per heavy atom. The zero-order valence-corrected chi connectivity index (χ0v) is 12.5. The molecule has 1 aromatic rings. The van der Waals surface area contributed by atoms with E-state index in [9.17, 15) is 9.59 Å². The number of rotatable bonds is 7. The number of carboxylic acid groups (broad SMARTS) is 1. The lowest BCUT2D eigenvalue weighted by molar-refractivity contribution is 0.0680. The summed E-state index contributed by atoms with van der Waals surface area (Å²) in [5.74, 6) is -1.07. The number of pyridine rings is 1. The lowest BCUT2D eigenvalue weighted by atomic mass is 10.2. The number of nitrogens with zero attached hydrogens (tertiary/aromatic N) is 2. The minimum absolute atomic E-state index is 0.0203. The van der Waals surface area contributed by atoms with Gasteiger partial charge in [0, 0.05) is 26.3 Å². The number of aromatic carboxylic acids is 1. The molecular formula is C14H21N3O4. The fourth-order valence-electron chi connectivity index (χ4n) is 1.50. The third-order valence-corrected chi connectivity index (χ3v) is 2.71. The van der Waals surface area contributed by atoms with Crippen molar-refractivity contribution in [2.45, 2.75) is 26.5 Å². The number of carboxylic acids is 1. The van der Waals surface area contributed by atoms with Crippen LogP contribution in [0, 0.1) is 0 Å². The van der Waals surface area contributed by atoms with Crippen LogP contribution in [0.3, 0.4) is 0 Å². The Morgan fingerprint density at radius 3 is 2.67 bits per heavy atom. The Kier molecular flexibility index (Phi) is 6.61. The maximum absolute atomic E-state index is 11.8. The molecule has 0 bridgehead atoms. The molecule has 0 fully saturated rings. The maximum Gasteiger partial charge on any atom is 0.354 e. The van der Waals surface area contributed by atoms with Crippen LogP contribution in [0.2, 0.25) is 0 Å². The molecule has 1 heterocycles. The standard InChI is InChI=1S/C14H21N3O4/c1-10(2)21-7-6-17(3)14(20)16-9-11-4-5-12(13(18)19)15-8-11/h4-5,8,10H,6-7,9H2,1-3H3,(H,16,20)(H,18,19). The van der Waals surface area contributed by atoms with Gasteiger partial charge in [-0.1, -0.05) is 6.07 Å². The number of urea groups is 1. The molecule has 116 valence electrons. The molecule has 2 N–H and O–H groups in total. The molecule has 0 aliphatic heterocycles. The molecule has 21 heavy (non-hydrogen) atoms. The van der Waals surface area contributed by atoms with E-state index in [-0.39, 0.29) is 17.8 Å². The van der Waals surface area contributed by atoms with Crippen molar-refractivity contribution < 1.29 is 19.4 Å².